The molecule has 5 nitrogen and oxygen atoms in total. The summed E-state index contributed by atoms with van der Waals surface area (Å²) in [5.74, 6) is 1.76. The van der Waals surface area contributed by atoms with Crippen molar-refractivity contribution in [1.82, 2.24) is 0 Å². The van der Waals surface area contributed by atoms with Gasteiger partial charge in [0, 0.05) is 5.57 Å². The van der Waals surface area contributed by atoms with E-state index in [2.05, 4.69) is 0 Å². The van der Waals surface area contributed by atoms with Crippen molar-refractivity contribution < 1.29 is 23.7 Å². The smallest absolute Gasteiger partial charge is 0.334 e. The molecule has 2 aromatic carbocycles. The largest absolute Gasteiger partial charge is 0.497 e. The Kier molecular flexibility index (Phi) is 5.16. The molecule has 0 saturated carbocycles. The molecule has 0 spiro atoms. The molecule has 0 bridgehead atoms. The van der Waals surface area contributed by atoms with Crippen molar-refractivity contribution in [3.8, 4) is 17.2 Å². The zero-order valence-corrected chi connectivity index (χ0v) is 15.4. The molecule has 136 valence electrons. The average molecular weight is 354 g/mol. The van der Waals surface area contributed by atoms with E-state index in [1.807, 2.05) is 36.4 Å². The van der Waals surface area contributed by atoms with Gasteiger partial charge in [0.25, 0.3) is 0 Å². The lowest BCUT2D eigenvalue weighted by Gasteiger charge is -2.24. The van der Waals surface area contributed by atoms with Crippen molar-refractivity contribution >= 4 is 11.5 Å². The number of fused-ring (bicyclic) bond motifs is 1. The zero-order valence-electron chi connectivity index (χ0n) is 15.4. The maximum atomic E-state index is 12.4. The molecule has 5 heteroatoms. The second kappa shape index (κ2) is 7.52. The third-order valence-corrected chi connectivity index (χ3v) is 4.64. The summed E-state index contributed by atoms with van der Waals surface area (Å²) in [4.78, 5) is 12.4. The molecule has 0 N–H and O–H groups in total. The van der Waals surface area contributed by atoms with Crippen LogP contribution >= 0.6 is 0 Å². The molecule has 1 aliphatic carbocycles. The Bertz CT molecular complexity index is 849. The van der Waals surface area contributed by atoms with Crippen LogP contribution in [0.5, 0.6) is 17.2 Å². The fourth-order valence-electron chi connectivity index (χ4n) is 3.32. The summed E-state index contributed by atoms with van der Waals surface area (Å²) >= 11 is 0. The van der Waals surface area contributed by atoms with Crippen molar-refractivity contribution in [2.24, 2.45) is 0 Å². The fourth-order valence-corrected chi connectivity index (χ4v) is 3.32. The molecule has 0 radical (unpaired) electrons. The van der Waals surface area contributed by atoms with Crippen LogP contribution in [0.15, 0.2) is 42.0 Å². The van der Waals surface area contributed by atoms with Gasteiger partial charge in [0.15, 0.2) is 11.5 Å². The lowest BCUT2D eigenvalue weighted by molar-refractivity contribution is -0.136. The van der Waals surface area contributed by atoms with Gasteiger partial charge in [-0.3, -0.25) is 0 Å². The van der Waals surface area contributed by atoms with Gasteiger partial charge >= 0.3 is 5.97 Å². The van der Waals surface area contributed by atoms with Gasteiger partial charge in [-0.1, -0.05) is 12.1 Å². The molecule has 0 unspecified atom stereocenters. The highest BCUT2D eigenvalue weighted by atomic mass is 16.5. The third-order valence-electron chi connectivity index (χ3n) is 4.64. The van der Waals surface area contributed by atoms with Crippen LogP contribution in [0.25, 0.3) is 5.57 Å². The first-order chi connectivity index (χ1) is 12.6. The minimum atomic E-state index is -0.309. The average Bonchev–Trinajstić information content (AvgIpc) is 2.71. The van der Waals surface area contributed by atoms with Crippen molar-refractivity contribution in [3.63, 3.8) is 0 Å². The fraction of sp³-hybridized carbons (Fsp3) is 0.286. The molecule has 26 heavy (non-hydrogen) atoms. The number of carbonyl (C=O) groups is 1. The van der Waals surface area contributed by atoms with E-state index in [4.69, 9.17) is 18.9 Å². The van der Waals surface area contributed by atoms with Crippen LogP contribution in [0.2, 0.25) is 0 Å². The zero-order chi connectivity index (χ0) is 18.7. The predicted octanol–water partition coefficient (Wildman–Crippen LogP) is 3.63. The number of benzene rings is 2. The number of hydrogen-bond acceptors (Lipinski definition) is 5. The third kappa shape index (κ3) is 3.12. The number of carbonyl (C=O) groups excluding carboxylic acids is 1. The second-order valence-electron chi connectivity index (χ2n) is 5.94. The first kappa shape index (κ1) is 17.9. The molecule has 0 amide bonds. The highest BCUT2D eigenvalue weighted by Crippen LogP contribution is 2.42. The van der Waals surface area contributed by atoms with Gasteiger partial charge < -0.3 is 18.9 Å². The monoisotopic (exact) mass is 354 g/mol. The molecule has 0 aromatic heterocycles. The summed E-state index contributed by atoms with van der Waals surface area (Å²) < 4.78 is 21.2. The second-order valence-corrected chi connectivity index (χ2v) is 5.94. The Morgan fingerprint density at radius 3 is 2.08 bits per heavy atom. The minimum Gasteiger partial charge on any atom is -0.497 e. The van der Waals surface area contributed by atoms with E-state index < -0.39 is 0 Å². The minimum absolute atomic E-state index is 0.309. The highest BCUT2D eigenvalue weighted by molar-refractivity contribution is 6.03. The summed E-state index contributed by atoms with van der Waals surface area (Å²) in [6.45, 7) is 0. The van der Waals surface area contributed by atoms with E-state index in [-0.39, 0.29) is 5.97 Å². The summed E-state index contributed by atoms with van der Waals surface area (Å²) in [6.07, 6.45) is 1.34. The van der Waals surface area contributed by atoms with Crippen LogP contribution in [-0.4, -0.2) is 34.4 Å². The van der Waals surface area contributed by atoms with Crippen molar-refractivity contribution in [1.29, 1.82) is 0 Å². The molecular formula is C21H22O5. The molecular weight excluding hydrogens is 332 g/mol. The molecule has 3 rings (SSSR count). The molecule has 1 aliphatic rings. The Labute approximate surface area is 153 Å². The Hall–Kier alpha value is -2.95. The molecule has 0 aliphatic heterocycles. The summed E-state index contributed by atoms with van der Waals surface area (Å²) in [5.41, 5.74) is 4.53. The van der Waals surface area contributed by atoms with Gasteiger partial charge in [-0.2, -0.15) is 0 Å². The van der Waals surface area contributed by atoms with Crippen LogP contribution in [0.1, 0.15) is 23.1 Å². The van der Waals surface area contributed by atoms with E-state index in [1.165, 1.54) is 7.11 Å². The van der Waals surface area contributed by atoms with Crippen molar-refractivity contribution in [2.45, 2.75) is 12.8 Å². The SMILES string of the molecule is COC(=O)C1=C(c2ccc(OC)cc2)c2cc(OC)c(OC)cc2CC1. The van der Waals surface area contributed by atoms with E-state index in [1.54, 1.807) is 21.3 Å². The normalized spacial score (nSPS) is 13.1. The van der Waals surface area contributed by atoms with Crippen LogP contribution in [0.4, 0.5) is 0 Å². The predicted molar refractivity (Wildman–Crippen MR) is 98.9 cm³/mol. The van der Waals surface area contributed by atoms with Crippen LogP contribution in [0.3, 0.4) is 0 Å². The van der Waals surface area contributed by atoms with Crippen LogP contribution in [0, 0.1) is 0 Å². The number of ether oxygens (including phenoxy) is 4. The topological polar surface area (TPSA) is 54.0 Å². The summed E-state index contributed by atoms with van der Waals surface area (Å²) in [5, 5.41) is 0. The van der Waals surface area contributed by atoms with Gasteiger partial charge in [0.1, 0.15) is 5.75 Å². The van der Waals surface area contributed by atoms with Gasteiger partial charge in [0.05, 0.1) is 28.4 Å². The highest BCUT2D eigenvalue weighted by Gasteiger charge is 2.27. The number of aryl methyl sites for hydroxylation is 1. The molecule has 2 aromatic rings. The van der Waals surface area contributed by atoms with Gasteiger partial charge in [0.2, 0.25) is 0 Å². The van der Waals surface area contributed by atoms with Crippen molar-refractivity contribution in [2.75, 3.05) is 28.4 Å². The van der Waals surface area contributed by atoms with E-state index >= 15 is 0 Å². The first-order valence-electron chi connectivity index (χ1n) is 8.34. The maximum Gasteiger partial charge on any atom is 0.334 e. The number of methoxy groups -OCH3 is 4. The Morgan fingerprint density at radius 1 is 0.846 bits per heavy atom. The van der Waals surface area contributed by atoms with Crippen LogP contribution < -0.4 is 14.2 Å². The Balaban J connectivity index is 2.23. The molecule has 0 heterocycles. The van der Waals surface area contributed by atoms with Gasteiger partial charge in [-0.15, -0.1) is 0 Å². The lowest BCUT2D eigenvalue weighted by atomic mass is 9.82. The molecule has 0 fully saturated rings. The van der Waals surface area contributed by atoms with Gasteiger partial charge in [-0.25, -0.2) is 4.79 Å². The molecule has 0 saturated heterocycles. The number of hydrogen-bond donors (Lipinski definition) is 0. The molecule has 0 atom stereocenters. The van der Waals surface area contributed by atoms with E-state index in [0.29, 0.717) is 23.5 Å². The lowest BCUT2D eigenvalue weighted by Crippen LogP contribution is -2.15. The maximum absolute atomic E-state index is 12.4. The van der Waals surface area contributed by atoms with E-state index in [0.717, 1.165) is 34.4 Å². The van der Waals surface area contributed by atoms with Crippen LogP contribution in [-0.2, 0) is 16.0 Å². The first-order valence-corrected chi connectivity index (χ1v) is 8.34. The van der Waals surface area contributed by atoms with Crippen molar-refractivity contribution in [3.05, 3.63) is 58.7 Å². The van der Waals surface area contributed by atoms with Gasteiger partial charge in [-0.05, 0) is 59.4 Å². The summed E-state index contributed by atoms with van der Waals surface area (Å²) in [6, 6.07) is 11.6. The summed E-state index contributed by atoms with van der Waals surface area (Å²) in [7, 11) is 6.25. The quantitative estimate of drug-likeness (QED) is 0.768. The van der Waals surface area contributed by atoms with E-state index in [9.17, 15) is 4.79 Å². The number of rotatable bonds is 5. The standard InChI is InChI=1S/C21H22O5/c1-23-15-8-5-13(6-9-15)20-16(21(22)26-4)10-7-14-11-18(24-2)19(25-3)12-17(14)20/h5-6,8-9,11-12H,7,10H2,1-4H3. The Morgan fingerprint density at radius 2 is 1.50 bits per heavy atom. The number of esters is 1.